The lowest BCUT2D eigenvalue weighted by Gasteiger charge is -2.49. The van der Waals surface area contributed by atoms with Crippen LogP contribution >= 0.6 is 0 Å². The number of likely N-dealkylation sites (tertiary alicyclic amines) is 2. The minimum atomic E-state index is 0.159. The van der Waals surface area contributed by atoms with Crippen LogP contribution in [-0.4, -0.2) is 52.4 Å². The van der Waals surface area contributed by atoms with Crippen molar-refractivity contribution in [2.45, 2.75) is 59.0 Å². The molecule has 1 aromatic carbocycles. The molecule has 4 nitrogen and oxygen atoms in total. The fourth-order valence-corrected chi connectivity index (χ4v) is 4.65. The Balaban J connectivity index is 1.52. The van der Waals surface area contributed by atoms with Gasteiger partial charge in [-0.2, -0.15) is 0 Å². The lowest BCUT2D eigenvalue weighted by Crippen LogP contribution is -2.63. The number of aryl methyl sites for hydroxylation is 3. The van der Waals surface area contributed by atoms with Crippen molar-refractivity contribution < 1.29 is 4.79 Å². The molecule has 1 amide bonds. The summed E-state index contributed by atoms with van der Waals surface area (Å²) in [7, 11) is 0. The number of hydrogen-bond donors (Lipinski definition) is 1. The summed E-state index contributed by atoms with van der Waals surface area (Å²) < 4.78 is 0. The average molecular weight is 339 g/mol. The summed E-state index contributed by atoms with van der Waals surface area (Å²) in [4.78, 5) is 21.0. The molecule has 4 rings (SSSR count). The van der Waals surface area contributed by atoms with Crippen LogP contribution in [-0.2, 0) is 0 Å². The van der Waals surface area contributed by atoms with E-state index in [1.54, 1.807) is 0 Å². The fourth-order valence-electron chi connectivity index (χ4n) is 4.65. The predicted octanol–water partition coefficient (Wildman–Crippen LogP) is 3.79. The number of aromatic amines is 1. The molecule has 25 heavy (non-hydrogen) atoms. The van der Waals surface area contributed by atoms with Crippen LogP contribution in [0.3, 0.4) is 0 Å². The van der Waals surface area contributed by atoms with Crippen LogP contribution < -0.4 is 0 Å². The highest BCUT2D eigenvalue weighted by Crippen LogP contribution is 2.29. The summed E-state index contributed by atoms with van der Waals surface area (Å²) in [6, 6.07) is 5.56. The third kappa shape index (κ3) is 2.77. The van der Waals surface area contributed by atoms with Crippen LogP contribution in [0.1, 0.15) is 53.4 Å². The van der Waals surface area contributed by atoms with Crippen LogP contribution in [0.5, 0.6) is 0 Å². The van der Waals surface area contributed by atoms with Gasteiger partial charge >= 0.3 is 0 Å². The quantitative estimate of drug-likeness (QED) is 0.904. The predicted molar refractivity (Wildman–Crippen MR) is 102 cm³/mol. The van der Waals surface area contributed by atoms with Crippen molar-refractivity contribution in [2.24, 2.45) is 0 Å². The Kier molecular flexibility index (Phi) is 4.11. The van der Waals surface area contributed by atoms with Gasteiger partial charge in [0.2, 0.25) is 0 Å². The summed E-state index contributed by atoms with van der Waals surface area (Å²) in [5.74, 6) is 0.159. The van der Waals surface area contributed by atoms with Gasteiger partial charge in [0.15, 0.2) is 0 Å². The van der Waals surface area contributed by atoms with E-state index < -0.39 is 0 Å². The number of carbonyl (C=O) groups excluding carboxylic acids is 1. The Labute approximate surface area is 150 Å². The van der Waals surface area contributed by atoms with Crippen molar-refractivity contribution in [1.82, 2.24) is 14.8 Å². The summed E-state index contributed by atoms with van der Waals surface area (Å²) >= 11 is 0. The minimum Gasteiger partial charge on any atom is -0.350 e. The molecule has 134 valence electrons. The summed E-state index contributed by atoms with van der Waals surface area (Å²) in [6.07, 6.45) is 3.94. The van der Waals surface area contributed by atoms with Gasteiger partial charge in [-0.15, -0.1) is 0 Å². The molecule has 0 radical (unpaired) electrons. The van der Waals surface area contributed by atoms with Gasteiger partial charge in [0.05, 0.1) is 0 Å². The van der Waals surface area contributed by atoms with Crippen molar-refractivity contribution >= 4 is 16.8 Å². The highest BCUT2D eigenvalue weighted by atomic mass is 16.2. The molecule has 1 N–H and O–H groups in total. The topological polar surface area (TPSA) is 39.3 Å². The minimum absolute atomic E-state index is 0.159. The molecule has 0 aliphatic carbocycles. The van der Waals surface area contributed by atoms with Crippen molar-refractivity contribution in [3.63, 3.8) is 0 Å². The zero-order chi connectivity index (χ0) is 17.7. The van der Waals surface area contributed by atoms with E-state index in [4.69, 9.17) is 0 Å². The Morgan fingerprint density at radius 1 is 1.16 bits per heavy atom. The smallest absolute Gasteiger partial charge is 0.270 e. The molecule has 2 aliphatic heterocycles. The van der Waals surface area contributed by atoms with Gasteiger partial charge in [0.25, 0.3) is 5.91 Å². The van der Waals surface area contributed by atoms with Crippen LogP contribution in [0.4, 0.5) is 0 Å². The van der Waals surface area contributed by atoms with E-state index in [2.05, 4.69) is 49.7 Å². The first-order valence-corrected chi connectivity index (χ1v) is 9.60. The molecule has 2 saturated heterocycles. The molecule has 3 heterocycles. The van der Waals surface area contributed by atoms with Crippen molar-refractivity contribution in [1.29, 1.82) is 0 Å². The third-order valence-corrected chi connectivity index (χ3v) is 6.20. The monoisotopic (exact) mass is 339 g/mol. The average Bonchev–Trinajstić information content (AvgIpc) is 2.85. The summed E-state index contributed by atoms with van der Waals surface area (Å²) in [5, 5.41) is 1.18. The number of nitrogens with zero attached hydrogens (tertiary/aromatic N) is 2. The molecular weight excluding hydrogens is 310 g/mol. The third-order valence-electron chi connectivity index (χ3n) is 6.20. The largest absolute Gasteiger partial charge is 0.350 e. The van der Waals surface area contributed by atoms with E-state index in [0.717, 1.165) is 29.9 Å². The molecule has 4 heteroatoms. The second-order valence-electron chi connectivity index (χ2n) is 8.08. The fraction of sp³-hybridized carbons (Fsp3) is 0.571. The van der Waals surface area contributed by atoms with Gasteiger partial charge < -0.3 is 9.88 Å². The first-order chi connectivity index (χ1) is 12.0. The Morgan fingerprint density at radius 3 is 2.64 bits per heavy atom. The first-order valence-electron chi connectivity index (χ1n) is 9.60. The van der Waals surface area contributed by atoms with Crippen molar-refractivity contribution in [3.8, 4) is 0 Å². The summed E-state index contributed by atoms with van der Waals surface area (Å²) in [6.45, 7) is 11.5. The number of benzene rings is 1. The number of H-pyrrole nitrogens is 1. The normalized spacial score (nSPS) is 22.4. The lowest BCUT2D eigenvalue weighted by atomic mass is 9.97. The Morgan fingerprint density at radius 2 is 1.92 bits per heavy atom. The number of piperidine rings is 1. The molecular formula is C21H29N3O. The summed E-state index contributed by atoms with van der Waals surface area (Å²) in [5.41, 5.74) is 5.42. The number of carbonyl (C=O) groups is 1. The zero-order valence-corrected chi connectivity index (χ0v) is 15.9. The van der Waals surface area contributed by atoms with E-state index in [1.807, 2.05) is 4.90 Å². The number of fused-ring (bicyclic) bond motifs is 1. The maximum atomic E-state index is 13.0. The number of aromatic nitrogens is 1. The van der Waals surface area contributed by atoms with Gasteiger partial charge in [-0.1, -0.05) is 18.1 Å². The van der Waals surface area contributed by atoms with E-state index >= 15 is 0 Å². The molecule has 1 atom stereocenters. The Hall–Kier alpha value is -1.81. The number of rotatable bonds is 2. The maximum Gasteiger partial charge on any atom is 0.270 e. The van der Waals surface area contributed by atoms with E-state index in [1.165, 1.54) is 42.3 Å². The number of hydrogen-bond acceptors (Lipinski definition) is 2. The SMILES string of the molecule is Cc1cc(C)c2[nH]c(C(=O)N3CC(N4CCCC[C@H]4C)C3)c(C)c2c1. The highest BCUT2D eigenvalue weighted by Gasteiger charge is 2.38. The number of nitrogens with one attached hydrogen (secondary N) is 1. The molecule has 0 spiro atoms. The van der Waals surface area contributed by atoms with Crippen molar-refractivity contribution in [2.75, 3.05) is 19.6 Å². The molecule has 1 aromatic heterocycles. The molecule has 0 saturated carbocycles. The van der Waals surface area contributed by atoms with Gasteiger partial charge in [-0.05, 0) is 64.3 Å². The van der Waals surface area contributed by atoms with Crippen LogP contribution in [0.2, 0.25) is 0 Å². The molecule has 0 unspecified atom stereocenters. The van der Waals surface area contributed by atoms with Gasteiger partial charge in [-0.3, -0.25) is 9.69 Å². The van der Waals surface area contributed by atoms with E-state index in [9.17, 15) is 4.79 Å². The second-order valence-corrected chi connectivity index (χ2v) is 8.08. The van der Waals surface area contributed by atoms with E-state index in [0.29, 0.717) is 12.1 Å². The van der Waals surface area contributed by atoms with Gasteiger partial charge in [-0.25, -0.2) is 0 Å². The van der Waals surface area contributed by atoms with Crippen molar-refractivity contribution in [3.05, 3.63) is 34.5 Å². The zero-order valence-electron chi connectivity index (χ0n) is 15.9. The van der Waals surface area contributed by atoms with Crippen LogP contribution in [0.25, 0.3) is 10.9 Å². The van der Waals surface area contributed by atoms with Gasteiger partial charge in [0, 0.05) is 36.1 Å². The first kappa shape index (κ1) is 16.6. The molecule has 0 bridgehead atoms. The Bertz CT molecular complexity index is 816. The molecule has 2 aliphatic rings. The van der Waals surface area contributed by atoms with Gasteiger partial charge in [0.1, 0.15) is 5.69 Å². The lowest BCUT2D eigenvalue weighted by molar-refractivity contribution is 0.00182. The molecule has 2 aromatic rings. The second kappa shape index (κ2) is 6.17. The standard InChI is InChI=1S/C21H29N3O/c1-13-9-14(2)19-18(10-13)16(4)20(22-19)21(25)23-11-17(12-23)24-8-6-5-7-15(24)3/h9-10,15,17,22H,5-8,11-12H2,1-4H3/t15-/m1/s1. The highest BCUT2D eigenvalue weighted by molar-refractivity contribution is 6.02. The van der Waals surface area contributed by atoms with Crippen LogP contribution in [0.15, 0.2) is 12.1 Å². The van der Waals surface area contributed by atoms with Crippen LogP contribution in [0, 0.1) is 20.8 Å². The number of amides is 1. The molecule has 2 fully saturated rings. The maximum absolute atomic E-state index is 13.0. The van der Waals surface area contributed by atoms with E-state index in [-0.39, 0.29) is 5.91 Å².